The molecule has 0 spiro atoms. The third kappa shape index (κ3) is 5.72. The van der Waals surface area contributed by atoms with Crippen molar-refractivity contribution in [3.05, 3.63) is 55.6 Å². The maximum atomic E-state index is 6.13. The second-order valence-corrected chi connectivity index (χ2v) is 7.84. The van der Waals surface area contributed by atoms with Gasteiger partial charge in [0.1, 0.15) is 0 Å². The summed E-state index contributed by atoms with van der Waals surface area (Å²) in [6.45, 7) is 2.51. The summed E-state index contributed by atoms with van der Waals surface area (Å²) in [6.07, 6.45) is 1.01. The highest BCUT2D eigenvalue weighted by Crippen LogP contribution is 2.28. The second-order valence-electron chi connectivity index (χ2n) is 4.86. The van der Waals surface area contributed by atoms with E-state index in [1.807, 2.05) is 12.1 Å². The van der Waals surface area contributed by atoms with E-state index >= 15 is 0 Å². The van der Waals surface area contributed by atoms with Gasteiger partial charge in [0.05, 0.1) is 10.4 Å². The number of rotatable bonds is 8. The molecule has 0 aliphatic carbocycles. The first-order valence-electron chi connectivity index (χ1n) is 6.88. The Morgan fingerprint density at radius 1 is 1.33 bits per heavy atom. The van der Waals surface area contributed by atoms with Gasteiger partial charge in [0.15, 0.2) is 0 Å². The summed E-state index contributed by atoms with van der Waals surface area (Å²) in [7, 11) is 1.72. The Morgan fingerprint density at radius 3 is 2.86 bits per heavy atom. The van der Waals surface area contributed by atoms with Crippen molar-refractivity contribution in [2.45, 2.75) is 12.3 Å². The molecule has 114 valence electrons. The van der Waals surface area contributed by atoms with Gasteiger partial charge in [0.25, 0.3) is 0 Å². The van der Waals surface area contributed by atoms with Crippen molar-refractivity contribution in [3.8, 4) is 0 Å². The van der Waals surface area contributed by atoms with E-state index in [1.54, 1.807) is 18.4 Å². The molecular formula is C16H19BrClNOS. The van der Waals surface area contributed by atoms with E-state index in [9.17, 15) is 0 Å². The largest absolute Gasteiger partial charge is 0.383 e. The van der Waals surface area contributed by atoms with E-state index in [0.29, 0.717) is 5.92 Å². The standard InChI is InChI=1S/C16H19BrClNOS/c1-20-8-7-19-11-13(10-15-5-6-16(17)21-15)12-3-2-4-14(18)9-12/h2-6,9,13,19H,7-8,10-11H2,1H3. The van der Waals surface area contributed by atoms with Crippen LogP contribution in [-0.2, 0) is 11.2 Å². The Bertz CT molecular complexity index is 561. The maximum absolute atomic E-state index is 6.13. The number of hydrogen-bond acceptors (Lipinski definition) is 3. The van der Waals surface area contributed by atoms with E-state index in [0.717, 1.165) is 31.1 Å². The first kappa shape index (κ1) is 17.0. The second kappa shape index (κ2) is 8.91. The molecule has 1 aromatic heterocycles. The molecule has 0 aliphatic heterocycles. The van der Waals surface area contributed by atoms with Crippen LogP contribution in [0.15, 0.2) is 40.2 Å². The van der Waals surface area contributed by atoms with Crippen molar-refractivity contribution in [2.75, 3.05) is 26.8 Å². The molecule has 2 aromatic rings. The van der Waals surface area contributed by atoms with Crippen LogP contribution in [0.4, 0.5) is 0 Å². The lowest BCUT2D eigenvalue weighted by Gasteiger charge is -2.18. The molecule has 1 aromatic carbocycles. The SMILES string of the molecule is COCCNCC(Cc1ccc(Br)s1)c1cccc(Cl)c1. The van der Waals surface area contributed by atoms with Gasteiger partial charge in [-0.05, 0) is 52.2 Å². The van der Waals surface area contributed by atoms with E-state index in [-0.39, 0.29) is 0 Å². The maximum Gasteiger partial charge on any atom is 0.0701 e. The van der Waals surface area contributed by atoms with Crippen LogP contribution >= 0.6 is 38.9 Å². The monoisotopic (exact) mass is 387 g/mol. The highest BCUT2D eigenvalue weighted by molar-refractivity contribution is 9.11. The van der Waals surface area contributed by atoms with Crippen LogP contribution in [-0.4, -0.2) is 26.8 Å². The average Bonchev–Trinajstić information content (AvgIpc) is 2.87. The van der Waals surface area contributed by atoms with Crippen molar-refractivity contribution < 1.29 is 4.74 Å². The van der Waals surface area contributed by atoms with Gasteiger partial charge in [-0.3, -0.25) is 0 Å². The van der Waals surface area contributed by atoms with Gasteiger partial charge < -0.3 is 10.1 Å². The van der Waals surface area contributed by atoms with Crippen molar-refractivity contribution in [1.29, 1.82) is 0 Å². The lowest BCUT2D eigenvalue weighted by Crippen LogP contribution is -2.26. The zero-order valence-electron chi connectivity index (χ0n) is 11.9. The zero-order valence-corrected chi connectivity index (χ0v) is 15.1. The molecule has 5 heteroatoms. The molecule has 0 amide bonds. The summed E-state index contributed by atoms with van der Waals surface area (Å²) in [5.41, 5.74) is 1.27. The molecular weight excluding hydrogens is 370 g/mol. The van der Waals surface area contributed by atoms with Crippen LogP contribution in [0.3, 0.4) is 0 Å². The molecule has 0 bridgehead atoms. The number of hydrogen-bond donors (Lipinski definition) is 1. The number of thiophene rings is 1. The zero-order chi connectivity index (χ0) is 15.1. The van der Waals surface area contributed by atoms with Gasteiger partial charge in [0.2, 0.25) is 0 Å². The first-order valence-corrected chi connectivity index (χ1v) is 8.87. The summed E-state index contributed by atoms with van der Waals surface area (Å²) in [5.74, 6) is 0.408. The number of methoxy groups -OCH3 is 1. The molecule has 2 rings (SSSR count). The molecule has 0 radical (unpaired) electrons. The molecule has 1 N–H and O–H groups in total. The average molecular weight is 389 g/mol. The predicted octanol–water partition coefficient (Wildman–Crippen LogP) is 4.73. The van der Waals surface area contributed by atoms with Crippen molar-refractivity contribution in [1.82, 2.24) is 5.32 Å². The molecule has 1 heterocycles. The Kier molecular flexibility index (Phi) is 7.20. The smallest absolute Gasteiger partial charge is 0.0701 e. The van der Waals surface area contributed by atoms with Gasteiger partial charge in [-0.1, -0.05) is 23.7 Å². The molecule has 0 saturated heterocycles. The number of halogens is 2. The number of benzene rings is 1. The molecule has 0 fully saturated rings. The van der Waals surface area contributed by atoms with Gasteiger partial charge >= 0.3 is 0 Å². The summed E-state index contributed by atoms with van der Waals surface area (Å²) in [5, 5.41) is 4.25. The summed E-state index contributed by atoms with van der Waals surface area (Å²) in [4.78, 5) is 1.38. The fourth-order valence-electron chi connectivity index (χ4n) is 2.22. The van der Waals surface area contributed by atoms with Gasteiger partial charge in [0, 0.05) is 36.0 Å². The van der Waals surface area contributed by atoms with E-state index in [1.165, 1.54) is 14.2 Å². The normalized spacial score (nSPS) is 12.5. The van der Waals surface area contributed by atoms with Gasteiger partial charge in [-0.2, -0.15) is 0 Å². The van der Waals surface area contributed by atoms with Crippen molar-refractivity contribution in [2.24, 2.45) is 0 Å². The predicted molar refractivity (Wildman–Crippen MR) is 94.7 cm³/mol. The van der Waals surface area contributed by atoms with E-state index < -0.39 is 0 Å². The van der Waals surface area contributed by atoms with Crippen molar-refractivity contribution >= 4 is 38.9 Å². The van der Waals surface area contributed by atoms with E-state index in [4.69, 9.17) is 16.3 Å². The first-order chi connectivity index (χ1) is 10.2. The van der Waals surface area contributed by atoms with E-state index in [2.05, 4.69) is 45.5 Å². The third-order valence-corrected chi connectivity index (χ3v) is 5.15. The van der Waals surface area contributed by atoms with Crippen molar-refractivity contribution in [3.63, 3.8) is 0 Å². The van der Waals surface area contributed by atoms with Crippen LogP contribution < -0.4 is 5.32 Å². The van der Waals surface area contributed by atoms with Crippen LogP contribution in [0.2, 0.25) is 5.02 Å². The Hall–Kier alpha value is -0.390. The summed E-state index contributed by atoms with van der Waals surface area (Å²) < 4.78 is 6.26. The van der Waals surface area contributed by atoms with Crippen LogP contribution in [0.25, 0.3) is 0 Å². The molecule has 1 unspecified atom stereocenters. The highest BCUT2D eigenvalue weighted by Gasteiger charge is 2.14. The molecule has 1 atom stereocenters. The number of ether oxygens (including phenoxy) is 1. The quantitative estimate of drug-likeness (QED) is 0.660. The minimum Gasteiger partial charge on any atom is -0.383 e. The molecule has 0 aliphatic rings. The lowest BCUT2D eigenvalue weighted by atomic mass is 9.95. The third-order valence-electron chi connectivity index (χ3n) is 3.27. The minimum atomic E-state index is 0.408. The Balaban J connectivity index is 2.06. The Labute approximate surface area is 143 Å². The minimum absolute atomic E-state index is 0.408. The van der Waals surface area contributed by atoms with Gasteiger partial charge in [-0.25, -0.2) is 0 Å². The molecule has 0 saturated carbocycles. The van der Waals surface area contributed by atoms with Gasteiger partial charge in [-0.15, -0.1) is 11.3 Å². The van der Waals surface area contributed by atoms with Crippen LogP contribution in [0.5, 0.6) is 0 Å². The topological polar surface area (TPSA) is 21.3 Å². The summed E-state index contributed by atoms with van der Waals surface area (Å²) in [6, 6.07) is 12.4. The fraction of sp³-hybridized carbons (Fsp3) is 0.375. The lowest BCUT2D eigenvalue weighted by molar-refractivity contribution is 0.199. The number of nitrogens with one attached hydrogen (secondary N) is 1. The van der Waals surface area contributed by atoms with Crippen LogP contribution in [0, 0.1) is 0 Å². The highest BCUT2D eigenvalue weighted by atomic mass is 79.9. The molecule has 21 heavy (non-hydrogen) atoms. The molecule has 2 nitrogen and oxygen atoms in total. The Morgan fingerprint density at radius 2 is 2.19 bits per heavy atom. The fourth-order valence-corrected chi connectivity index (χ4v) is 3.99. The van der Waals surface area contributed by atoms with Crippen LogP contribution in [0.1, 0.15) is 16.4 Å². The summed E-state index contributed by atoms with van der Waals surface area (Å²) >= 11 is 11.5.